The molecule has 2 aromatic rings. The largest absolute Gasteiger partial charge is 0.462 e. The molecule has 4 nitrogen and oxygen atoms in total. The number of carbonyl (C=O) groups is 1. The molecule has 102 valence electrons. The van der Waals surface area contributed by atoms with Gasteiger partial charge >= 0.3 is 5.97 Å². The zero-order chi connectivity index (χ0) is 14.1. The van der Waals surface area contributed by atoms with Crippen molar-refractivity contribution in [3.8, 4) is 0 Å². The van der Waals surface area contributed by atoms with E-state index >= 15 is 0 Å². The first-order chi connectivity index (χ1) is 9.63. The van der Waals surface area contributed by atoms with Gasteiger partial charge in [0.25, 0.3) is 0 Å². The summed E-state index contributed by atoms with van der Waals surface area (Å²) in [6.07, 6.45) is 0.722. The molecule has 0 amide bonds. The Bertz CT molecular complexity index is 668. The van der Waals surface area contributed by atoms with Crippen molar-refractivity contribution < 1.29 is 9.53 Å². The average Bonchev–Trinajstić information content (AvgIpc) is 2.41. The number of halogens is 1. The number of hydrogen-bond acceptors (Lipinski definition) is 4. The van der Waals surface area contributed by atoms with Gasteiger partial charge in [-0.05, 0) is 42.8 Å². The van der Waals surface area contributed by atoms with E-state index in [9.17, 15) is 4.79 Å². The van der Waals surface area contributed by atoms with Crippen molar-refractivity contribution >= 4 is 29.1 Å². The van der Waals surface area contributed by atoms with E-state index in [1.807, 2.05) is 37.3 Å². The maximum atomic E-state index is 11.7. The van der Waals surface area contributed by atoms with E-state index < -0.39 is 0 Å². The molecule has 1 N–H and O–H groups in total. The molecule has 0 saturated heterocycles. The van der Waals surface area contributed by atoms with Crippen LogP contribution in [0.15, 0.2) is 30.3 Å². The van der Waals surface area contributed by atoms with E-state index in [-0.39, 0.29) is 5.97 Å². The molecule has 2 heterocycles. The number of esters is 1. The summed E-state index contributed by atoms with van der Waals surface area (Å²) in [5.41, 5.74) is 3.16. The fourth-order valence-electron chi connectivity index (χ4n) is 2.29. The lowest BCUT2D eigenvalue weighted by molar-refractivity contribution is 0.0478. The quantitative estimate of drug-likeness (QED) is 0.859. The van der Waals surface area contributed by atoms with Gasteiger partial charge in [-0.1, -0.05) is 11.6 Å². The third-order valence-electron chi connectivity index (χ3n) is 3.21. The lowest BCUT2D eigenvalue weighted by Gasteiger charge is -2.18. The smallest absolute Gasteiger partial charge is 0.340 e. The first-order valence-corrected chi connectivity index (χ1v) is 6.71. The van der Waals surface area contributed by atoms with E-state index in [1.165, 1.54) is 0 Å². The number of cyclic esters (lactones) is 1. The third-order valence-corrected chi connectivity index (χ3v) is 3.46. The van der Waals surface area contributed by atoms with Crippen LogP contribution in [0, 0.1) is 6.92 Å². The molecule has 1 aromatic carbocycles. The first-order valence-electron chi connectivity index (χ1n) is 6.34. The number of carbonyl (C=O) groups excluding carboxylic acids is 1. The molecular weight excluding hydrogens is 276 g/mol. The highest BCUT2D eigenvalue weighted by atomic mass is 35.5. The van der Waals surface area contributed by atoms with Crippen molar-refractivity contribution in [2.24, 2.45) is 0 Å². The molecule has 5 heteroatoms. The second kappa shape index (κ2) is 5.13. The maximum absolute atomic E-state index is 11.7. The molecule has 1 aliphatic rings. The second-order valence-electron chi connectivity index (χ2n) is 4.64. The van der Waals surface area contributed by atoms with Crippen LogP contribution < -0.4 is 5.32 Å². The van der Waals surface area contributed by atoms with Gasteiger partial charge in [-0.2, -0.15) is 0 Å². The van der Waals surface area contributed by atoms with Crippen molar-refractivity contribution in [3.63, 3.8) is 0 Å². The van der Waals surface area contributed by atoms with E-state index in [0.717, 1.165) is 23.5 Å². The summed E-state index contributed by atoms with van der Waals surface area (Å²) in [5, 5.41) is 3.90. The minimum absolute atomic E-state index is 0.283. The summed E-state index contributed by atoms with van der Waals surface area (Å²) in [6, 6.07) is 9.29. The number of benzene rings is 1. The van der Waals surface area contributed by atoms with Gasteiger partial charge in [0.1, 0.15) is 5.82 Å². The Balaban J connectivity index is 1.93. The Kier molecular flexibility index (Phi) is 3.32. The standard InChI is InChI=1S/C15H13ClN2O2/c1-9-14-10(6-7-20-15(14)19)8-13(17-9)18-12-4-2-11(16)3-5-12/h2-5,8H,6-7H2,1H3,(H,17,18). The van der Waals surface area contributed by atoms with Crippen LogP contribution in [-0.4, -0.2) is 17.6 Å². The molecule has 0 aliphatic carbocycles. The summed E-state index contributed by atoms with van der Waals surface area (Å²) in [5.74, 6) is 0.438. The van der Waals surface area contributed by atoms with Crippen LogP contribution in [0.2, 0.25) is 5.02 Å². The highest BCUT2D eigenvalue weighted by Crippen LogP contribution is 2.24. The fourth-order valence-corrected chi connectivity index (χ4v) is 2.41. The van der Waals surface area contributed by atoms with E-state index in [4.69, 9.17) is 16.3 Å². The fraction of sp³-hybridized carbons (Fsp3) is 0.200. The van der Waals surface area contributed by atoms with Crippen LogP contribution in [0.4, 0.5) is 11.5 Å². The summed E-state index contributed by atoms with van der Waals surface area (Å²) in [7, 11) is 0. The van der Waals surface area contributed by atoms with Crippen molar-refractivity contribution in [3.05, 3.63) is 52.2 Å². The Morgan fingerprint density at radius 3 is 2.80 bits per heavy atom. The lowest BCUT2D eigenvalue weighted by atomic mass is 10.0. The van der Waals surface area contributed by atoms with E-state index in [1.54, 1.807) is 0 Å². The Hall–Kier alpha value is -2.07. The number of nitrogens with zero attached hydrogens (tertiary/aromatic N) is 1. The molecule has 0 atom stereocenters. The van der Waals surface area contributed by atoms with Crippen molar-refractivity contribution in [1.29, 1.82) is 0 Å². The summed E-state index contributed by atoms with van der Waals surface area (Å²) < 4.78 is 5.04. The predicted octanol–water partition coefficient (Wildman–Crippen LogP) is 3.50. The average molecular weight is 289 g/mol. The number of pyridine rings is 1. The number of nitrogens with one attached hydrogen (secondary N) is 1. The first kappa shape index (κ1) is 12.9. The summed E-state index contributed by atoms with van der Waals surface area (Å²) in [6.45, 7) is 2.24. The highest BCUT2D eigenvalue weighted by Gasteiger charge is 2.22. The minimum Gasteiger partial charge on any atom is -0.462 e. The van der Waals surface area contributed by atoms with Gasteiger partial charge < -0.3 is 10.1 Å². The van der Waals surface area contributed by atoms with E-state index in [0.29, 0.717) is 22.9 Å². The van der Waals surface area contributed by atoms with Crippen LogP contribution in [0.3, 0.4) is 0 Å². The van der Waals surface area contributed by atoms with Crippen LogP contribution in [0.5, 0.6) is 0 Å². The molecular formula is C15H13ClN2O2. The van der Waals surface area contributed by atoms with Crippen molar-refractivity contribution in [2.45, 2.75) is 13.3 Å². The van der Waals surface area contributed by atoms with Gasteiger partial charge in [0.05, 0.1) is 17.9 Å². The number of hydrogen-bond donors (Lipinski definition) is 1. The van der Waals surface area contributed by atoms with Crippen molar-refractivity contribution in [1.82, 2.24) is 4.98 Å². The normalized spacial score (nSPS) is 13.6. The molecule has 0 radical (unpaired) electrons. The summed E-state index contributed by atoms with van der Waals surface area (Å²) in [4.78, 5) is 16.1. The zero-order valence-corrected chi connectivity index (χ0v) is 11.7. The van der Waals surface area contributed by atoms with Crippen LogP contribution >= 0.6 is 11.6 Å². The number of aryl methyl sites for hydroxylation is 1. The third kappa shape index (κ3) is 2.47. The second-order valence-corrected chi connectivity index (χ2v) is 5.08. The SMILES string of the molecule is Cc1nc(Nc2ccc(Cl)cc2)cc2c1C(=O)OCC2. The van der Waals surface area contributed by atoms with Crippen LogP contribution in [0.1, 0.15) is 21.6 Å². The van der Waals surface area contributed by atoms with Gasteiger partial charge in [-0.15, -0.1) is 0 Å². The molecule has 0 saturated carbocycles. The number of aromatic nitrogens is 1. The van der Waals surface area contributed by atoms with Gasteiger partial charge in [0, 0.05) is 17.1 Å². The molecule has 1 aliphatic heterocycles. The molecule has 20 heavy (non-hydrogen) atoms. The monoisotopic (exact) mass is 288 g/mol. The van der Waals surface area contributed by atoms with Crippen LogP contribution in [-0.2, 0) is 11.2 Å². The Labute approximate surface area is 121 Å². The topological polar surface area (TPSA) is 51.2 Å². The highest BCUT2D eigenvalue weighted by molar-refractivity contribution is 6.30. The number of rotatable bonds is 2. The molecule has 0 unspecified atom stereocenters. The summed E-state index contributed by atoms with van der Waals surface area (Å²) >= 11 is 5.86. The van der Waals surface area contributed by atoms with Gasteiger partial charge in [-0.25, -0.2) is 9.78 Å². The Morgan fingerprint density at radius 1 is 1.30 bits per heavy atom. The number of ether oxygens (including phenoxy) is 1. The Morgan fingerprint density at radius 2 is 2.05 bits per heavy atom. The van der Waals surface area contributed by atoms with Gasteiger partial charge in [0.2, 0.25) is 0 Å². The lowest BCUT2D eigenvalue weighted by Crippen LogP contribution is -2.20. The molecule has 3 rings (SSSR count). The maximum Gasteiger partial charge on any atom is 0.340 e. The van der Waals surface area contributed by atoms with Crippen molar-refractivity contribution in [2.75, 3.05) is 11.9 Å². The molecule has 0 fully saturated rings. The van der Waals surface area contributed by atoms with E-state index in [2.05, 4.69) is 10.3 Å². The minimum atomic E-state index is -0.283. The van der Waals surface area contributed by atoms with Crippen LogP contribution in [0.25, 0.3) is 0 Å². The predicted molar refractivity (Wildman–Crippen MR) is 77.7 cm³/mol. The molecule has 1 aromatic heterocycles. The van der Waals surface area contributed by atoms with Gasteiger partial charge in [0.15, 0.2) is 0 Å². The number of fused-ring (bicyclic) bond motifs is 1. The van der Waals surface area contributed by atoms with Gasteiger partial charge in [-0.3, -0.25) is 0 Å². The zero-order valence-electron chi connectivity index (χ0n) is 10.9. The molecule has 0 bridgehead atoms. The number of anilines is 2. The molecule has 0 spiro atoms.